The third-order valence-electron chi connectivity index (χ3n) is 6.17. The average Bonchev–Trinajstić information content (AvgIpc) is 3.15. The van der Waals surface area contributed by atoms with Gasteiger partial charge in [-0.2, -0.15) is 0 Å². The summed E-state index contributed by atoms with van der Waals surface area (Å²) >= 11 is 0. The molecule has 0 aliphatic heterocycles. The summed E-state index contributed by atoms with van der Waals surface area (Å²) in [6.07, 6.45) is 9.51. The highest BCUT2D eigenvalue weighted by Crippen LogP contribution is 2.38. The lowest BCUT2D eigenvalue weighted by atomic mass is 9.94. The van der Waals surface area contributed by atoms with Crippen LogP contribution in [0.3, 0.4) is 0 Å². The number of hydrogen-bond donors (Lipinski definition) is 1. The van der Waals surface area contributed by atoms with Gasteiger partial charge in [0.1, 0.15) is 17.1 Å². The van der Waals surface area contributed by atoms with E-state index in [2.05, 4.69) is 30.4 Å². The van der Waals surface area contributed by atoms with Gasteiger partial charge in [0.2, 0.25) is 5.91 Å². The highest BCUT2D eigenvalue weighted by molar-refractivity contribution is 6.04. The number of anilines is 1. The molecule has 4 nitrogen and oxygen atoms in total. The summed E-state index contributed by atoms with van der Waals surface area (Å²) in [5.41, 5.74) is 6.12. The number of ether oxygens (including phenoxy) is 1. The molecule has 4 heteroatoms. The number of unbranched alkanes of at least 4 members (excludes halogenated alkanes) is 1. The predicted molar refractivity (Wildman–Crippen MR) is 131 cm³/mol. The first-order chi connectivity index (χ1) is 15.6. The molecular formula is C28H33NO3. The number of carbonyl (C=O) groups is 1. The summed E-state index contributed by atoms with van der Waals surface area (Å²) in [6.45, 7) is 6.68. The van der Waals surface area contributed by atoms with Gasteiger partial charge < -0.3 is 14.5 Å². The number of amides is 1. The van der Waals surface area contributed by atoms with E-state index in [4.69, 9.17) is 9.15 Å². The summed E-state index contributed by atoms with van der Waals surface area (Å²) in [5.74, 6) is 1.72. The Morgan fingerprint density at radius 3 is 2.66 bits per heavy atom. The van der Waals surface area contributed by atoms with Crippen molar-refractivity contribution >= 4 is 28.1 Å². The van der Waals surface area contributed by atoms with Crippen molar-refractivity contribution in [3.63, 3.8) is 0 Å². The van der Waals surface area contributed by atoms with Crippen LogP contribution >= 0.6 is 0 Å². The van der Waals surface area contributed by atoms with Gasteiger partial charge >= 0.3 is 0 Å². The minimum absolute atomic E-state index is 0.138. The maximum absolute atomic E-state index is 12.7. The number of fused-ring (bicyclic) bond motifs is 3. The molecule has 0 bridgehead atoms. The molecule has 0 unspecified atom stereocenters. The van der Waals surface area contributed by atoms with Gasteiger partial charge in [0.05, 0.1) is 6.61 Å². The Kier molecular flexibility index (Phi) is 6.99. The van der Waals surface area contributed by atoms with E-state index in [-0.39, 0.29) is 5.91 Å². The smallest absolute Gasteiger partial charge is 0.248 e. The molecular weight excluding hydrogens is 398 g/mol. The van der Waals surface area contributed by atoms with E-state index in [1.54, 1.807) is 6.08 Å². The van der Waals surface area contributed by atoms with Gasteiger partial charge in [-0.05, 0) is 75.3 Å². The van der Waals surface area contributed by atoms with Crippen LogP contribution in [-0.4, -0.2) is 12.5 Å². The van der Waals surface area contributed by atoms with E-state index in [0.717, 1.165) is 58.6 Å². The standard InChI is InChI=1S/C28H33NO3/c1-4-6-9-20-12-14-21(15-13-20)29-28(30)16-19(3)23-17-24-22-10-7-8-11-25(22)32-27(24)18-26(23)31-5-2/h12-18H,4-11H2,1-3H3,(H,29,30)/b19-16+. The Hall–Kier alpha value is -3.01. The van der Waals surface area contributed by atoms with Crippen molar-refractivity contribution < 1.29 is 13.9 Å². The van der Waals surface area contributed by atoms with Crippen LogP contribution in [0.1, 0.15) is 68.9 Å². The Bertz CT molecular complexity index is 1120. The van der Waals surface area contributed by atoms with Gasteiger partial charge in [0, 0.05) is 40.8 Å². The Morgan fingerprint density at radius 2 is 1.91 bits per heavy atom. The third kappa shape index (κ3) is 4.90. The number of hydrogen-bond acceptors (Lipinski definition) is 3. The number of allylic oxidation sites excluding steroid dienone is 1. The molecule has 1 aliphatic carbocycles. The Labute approximate surface area is 190 Å². The minimum atomic E-state index is -0.138. The highest BCUT2D eigenvalue weighted by Gasteiger charge is 2.20. The zero-order valence-corrected chi connectivity index (χ0v) is 19.4. The Morgan fingerprint density at radius 1 is 1.12 bits per heavy atom. The molecule has 1 N–H and O–H groups in total. The van der Waals surface area contributed by atoms with Gasteiger partial charge in [-0.15, -0.1) is 0 Å². The normalized spacial score (nSPS) is 13.8. The third-order valence-corrected chi connectivity index (χ3v) is 6.17. The summed E-state index contributed by atoms with van der Waals surface area (Å²) in [7, 11) is 0. The van der Waals surface area contributed by atoms with Crippen LogP contribution in [0.15, 0.2) is 46.9 Å². The van der Waals surface area contributed by atoms with Gasteiger partial charge in [-0.1, -0.05) is 25.5 Å². The van der Waals surface area contributed by atoms with E-state index in [1.807, 2.05) is 32.0 Å². The molecule has 32 heavy (non-hydrogen) atoms. The molecule has 0 spiro atoms. The number of benzene rings is 2. The van der Waals surface area contributed by atoms with E-state index in [1.165, 1.54) is 36.8 Å². The summed E-state index contributed by atoms with van der Waals surface area (Å²) in [5, 5.41) is 4.13. The first-order valence-corrected chi connectivity index (χ1v) is 11.9. The average molecular weight is 432 g/mol. The van der Waals surface area contributed by atoms with E-state index < -0.39 is 0 Å². The van der Waals surface area contributed by atoms with Gasteiger partial charge in [0.25, 0.3) is 0 Å². The Balaban J connectivity index is 1.57. The summed E-state index contributed by atoms with van der Waals surface area (Å²) < 4.78 is 12.0. The molecule has 168 valence electrons. The molecule has 0 saturated heterocycles. The maximum atomic E-state index is 12.7. The van der Waals surface area contributed by atoms with Crippen molar-refractivity contribution in [1.29, 1.82) is 0 Å². The van der Waals surface area contributed by atoms with Gasteiger partial charge in [-0.25, -0.2) is 0 Å². The van der Waals surface area contributed by atoms with Gasteiger partial charge in [-0.3, -0.25) is 4.79 Å². The van der Waals surface area contributed by atoms with E-state index in [9.17, 15) is 4.79 Å². The SMILES string of the molecule is CCCCc1ccc(NC(=O)/C=C(\C)c2cc3c4c(oc3cc2OCC)CCCC4)cc1. The van der Waals surface area contributed by atoms with Crippen molar-refractivity contribution in [2.24, 2.45) is 0 Å². The van der Waals surface area contributed by atoms with Crippen LogP contribution in [0.25, 0.3) is 16.5 Å². The van der Waals surface area contributed by atoms with Crippen molar-refractivity contribution in [3.8, 4) is 5.75 Å². The maximum Gasteiger partial charge on any atom is 0.248 e. The molecule has 3 aromatic rings. The lowest BCUT2D eigenvalue weighted by molar-refractivity contribution is -0.111. The topological polar surface area (TPSA) is 51.5 Å². The van der Waals surface area contributed by atoms with E-state index in [0.29, 0.717) is 6.61 Å². The van der Waals surface area contributed by atoms with Crippen molar-refractivity contribution in [1.82, 2.24) is 0 Å². The molecule has 1 aromatic heterocycles. The zero-order chi connectivity index (χ0) is 22.5. The zero-order valence-electron chi connectivity index (χ0n) is 19.4. The molecule has 0 saturated carbocycles. The van der Waals surface area contributed by atoms with Crippen molar-refractivity contribution in [2.75, 3.05) is 11.9 Å². The lowest BCUT2D eigenvalue weighted by Crippen LogP contribution is -2.09. The second kappa shape index (κ2) is 10.1. The number of aryl methyl sites for hydroxylation is 3. The van der Waals surface area contributed by atoms with Crippen molar-refractivity contribution in [3.05, 3.63) is 64.9 Å². The van der Waals surface area contributed by atoms with Crippen LogP contribution in [0.4, 0.5) is 5.69 Å². The predicted octanol–water partition coefficient (Wildman–Crippen LogP) is 7.09. The van der Waals surface area contributed by atoms with Crippen LogP contribution in [0, 0.1) is 0 Å². The lowest BCUT2D eigenvalue weighted by Gasteiger charge is -2.12. The first-order valence-electron chi connectivity index (χ1n) is 11.9. The first kappa shape index (κ1) is 22.2. The summed E-state index contributed by atoms with van der Waals surface area (Å²) in [4.78, 5) is 12.7. The number of furan rings is 1. The van der Waals surface area contributed by atoms with Crippen LogP contribution in [0.5, 0.6) is 5.75 Å². The fourth-order valence-electron chi connectivity index (χ4n) is 4.46. The number of nitrogens with one attached hydrogen (secondary N) is 1. The summed E-state index contributed by atoms with van der Waals surface area (Å²) in [6, 6.07) is 12.2. The quantitative estimate of drug-likeness (QED) is 0.387. The molecule has 0 fully saturated rings. The molecule has 0 radical (unpaired) electrons. The molecule has 0 atom stereocenters. The molecule has 1 heterocycles. The number of carbonyl (C=O) groups excluding carboxylic acids is 1. The fraction of sp³-hybridized carbons (Fsp3) is 0.393. The van der Waals surface area contributed by atoms with Crippen LogP contribution < -0.4 is 10.1 Å². The highest BCUT2D eigenvalue weighted by atomic mass is 16.5. The van der Waals surface area contributed by atoms with E-state index >= 15 is 0 Å². The second-order valence-corrected chi connectivity index (χ2v) is 8.61. The largest absolute Gasteiger partial charge is 0.493 e. The monoisotopic (exact) mass is 431 g/mol. The molecule has 2 aromatic carbocycles. The molecule has 1 amide bonds. The fourth-order valence-corrected chi connectivity index (χ4v) is 4.46. The second-order valence-electron chi connectivity index (χ2n) is 8.61. The molecule has 1 aliphatic rings. The number of rotatable bonds is 8. The minimum Gasteiger partial charge on any atom is -0.493 e. The van der Waals surface area contributed by atoms with Gasteiger partial charge in [0.15, 0.2) is 0 Å². The van der Waals surface area contributed by atoms with Crippen molar-refractivity contribution in [2.45, 2.75) is 65.7 Å². The van der Waals surface area contributed by atoms with Crippen LogP contribution in [0.2, 0.25) is 0 Å². The molecule has 4 rings (SSSR count). The van der Waals surface area contributed by atoms with Crippen LogP contribution in [-0.2, 0) is 24.1 Å².